The molecule has 3 aromatic rings. The molecule has 1 aromatic carbocycles. The van der Waals surface area contributed by atoms with Gasteiger partial charge in [0, 0.05) is 37.5 Å². The van der Waals surface area contributed by atoms with E-state index in [1.54, 1.807) is 17.3 Å². The molecule has 1 N–H and O–H groups in total. The van der Waals surface area contributed by atoms with Crippen LogP contribution in [0.25, 0.3) is 10.8 Å². The molecule has 5 rings (SSSR count). The summed E-state index contributed by atoms with van der Waals surface area (Å²) < 4.78 is 5.57. The van der Waals surface area contributed by atoms with Crippen LogP contribution in [0.3, 0.4) is 0 Å². The van der Waals surface area contributed by atoms with Crippen molar-refractivity contribution >= 4 is 28.5 Å². The Morgan fingerprint density at radius 1 is 1.11 bits per heavy atom. The lowest BCUT2D eigenvalue weighted by Gasteiger charge is -2.38. The van der Waals surface area contributed by atoms with Crippen molar-refractivity contribution in [2.75, 3.05) is 24.6 Å². The van der Waals surface area contributed by atoms with Crippen LogP contribution in [0, 0.1) is 0 Å². The largest absolute Gasteiger partial charge is 0.444 e. The van der Waals surface area contributed by atoms with Gasteiger partial charge >= 0.3 is 6.09 Å². The number of fused-ring (bicyclic) bond motifs is 3. The Kier molecular flexibility index (Phi) is 7.09. The van der Waals surface area contributed by atoms with Crippen molar-refractivity contribution in [3.63, 3.8) is 0 Å². The number of ether oxygens (including phenoxy) is 1. The number of carbonyl (C=O) groups excluding carboxylic acids is 2. The number of carbonyl (C=O) groups is 2. The number of benzene rings is 1. The monoisotopic (exact) mass is 516 g/mol. The third-order valence-corrected chi connectivity index (χ3v) is 7.67. The lowest BCUT2D eigenvalue weighted by Crippen LogP contribution is -2.50. The number of amides is 2. The average Bonchev–Trinajstić information content (AvgIpc) is 3.12. The Balaban J connectivity index is 1.44. The van der Waals surface area contributed by atoms with Crippen LogP contribution in [-0.4, -0.2) is 57.3 Å². The van der Waals surface area contributed by atoms with E-state index in [0.29, 0.717) is 32.5 Å². The van der Waals surface area contributed by atoms with Crippen molar-refractivity contribution < 1.29 is 19.4 Å². The number of hydrogen-bond donors (Lipinski definition) is 1. The number of likely N-dealkylation sites (tertiary alicyclic amines) is 1. The quantitative estimate of drug-likeness (QED) is 0.475. The van der Waals surface area contributed by atoms with Crippen molar-refractivity contribution in [1.29, 1.82) is 0 Å². The van der Waals surface area contributed by atoms with Crippen LogP contribution in [0.4, 0.5) is 10.5 Å². The van der Waals surface area contributed by atoms with Gasteiger partial charge in [-0.05, 0) is 75.5 Å². The Morgan fingerprint density at radius 2 is 1.87 bits per heavy atom. The molecular weight excluding hydrogens is 480 g/mol. The first-order chi connectivity index (χ1) is 18.2. The molecule has 0 radical (unpaired) electrons. The molecule has 2 aliphatic heterocycles. The molecule has 0 aliphatic carbocycles. The summed E-state index contributed by atoms with van der Waals surface area (Å²) in [5, 5.41) is 11.5. The number of pyridine rings is 2. The summed E-state index contributed by atoms with van der Waals surface area (Å²) >= 11 is 0. The number of hydrogen-bond acceptors (Lipinski definition) is 6. The second-order valence-corrected chi connectivity index (χ2v) is 11.3. The SMILES string of the molecule is CC(C)(C)OC(=O)N1CCC2(CC1)C(=O)N(Cc1ncc3ccccc3c1CCCCO)c1cnccc12. The number of aliphatic hydroxyl groups is 1. The standard InChI is InChI=1S/C30H36N4O4/c1-29(2,3)38-28(37)33-15-12-30(13-16-33)24-11-14-31-19-26(24)34(27(30)36)20-25-23(10-6-7-17-35)22-9-5-4-8-21(22)18-32-25/h4-5,8-9,11,14,18-19,35H,6-7,10,12-13,15-17,20H2,1-3H3. The van der Waals surface area contributed by atoms with E-state index < -0.39 is 11.0 Å². The zero-order valence-corrected chi connectivity index (χ0v) is 22.4. The maximum absolute atomic E-state index is 14.2. The molecule has 0 unspecified atom stereocenters. The van der Waals surface area contributed by atoms with Crippen LogP contribution in [0.15, 0.2) is 48.9 Å². The fraction of sp³-hybridized carbons (Fsp3) is 0.467. The zero-order valence-electron chi connectivity index (χ0n) is 22.4. The topological polar surface area (TPSA) is 95.9 Å². The van der Waals surface area contributed by atoms with Gasteiger partial charge in [0.05, 0.1) is 29.5 Å². The van der Waals surface area contributed by atoms with Crippen molar-refractivity contribution in [3.8, 4) is 0 Å². The molecule has 2 aliphatic rings. The van der Waals surface area contributed by atoms with Gasteiger partial charge in [0.15, 0.2) is 0 Å². The maximum atomic E-state index is 14.2. The Bertz CT molecular complexity index is 1340. The number of piperidine rings is 1. The number of aryl methyl sites for hydroxylation is 1. The average molecular weight is 517 g/mol. The van der Waals surface area contributed by atoms with E-state index >= 15 is 0 Å². The van der Waals surface area contributed by atoms with Gasteiger partial charge in [-0.15, -0.1) is 0 Å². The van der Waals surface area contributed by atoms with Crippen molar-refractivity contribution in [3.05, 3.63) is 65.7 Å². The molecule has 200 valence electrons. The first-order valence-corrected chi connectivity index (χ1v) is 13.4. The van der Waals surface area contributed by atoms with Crippen LogP contribution in [0.1, 0.15) is 63.3 Å². The highest BCUT2D eigenvalue weighted by molar-refractivity contribution is 6.08. The zero-order chi connectivity index (χ0) is 26.9. The highest BCUT2D eigenvalue weighted by Gasteiger charge is 2.53. The lowest BCUT2D eigenvalue weighted by molar-refractivity contribution is -0.125. The number of nitrogens with zero attached hydrogens (tertiary/aromatic N) is 4. The van der Waals surface area contributed by atoms with E-state index in [-0.39, 0.29) is 18.6 Å². The lowest BCUT2D eigenvalue weighted by atomic mass is 9.74. The van der Waals surface area contributed by atoms with Crippen molar-refractivity contribution in [2.24, 2.45) is 0 Å². The Hall–Kier alpha value is -3.52. The van der Waals surface area contributed by atoms with Crippen LogP contribution < -0.4 is 4.90 Å². The number of anilines is 1. The number of aromatic nitrogens is 2. The first kappa shape index (κ1) is 26.1. The molecule has 0 bridgehead atoms. The molecule has 1 spiro atoms. The third-order valence-electron chi connectivity index (χ3n) is 7.67. The molecule has 2 aromatic heterocycles. The number of aliphatic hydroxyl groups excluding tert-OH is 1. The van der Waals surface area contributed by atoms with Gasteiger partial charge in [-0.3, -0.25) is 14.8 Å². The van der Waals surface area contributed by atoms with Crippen molar-refractivity contribution in [2.45, 2.75) is 70.4 Å². The van der Waals surface area contributed by atoms with Crippen LogP contribution >= 0.6 is 0 Å². The Morgan fingerprint density at radius 3 is 2.61 bits per heavy atom. The van der Waals surface area contributed by atoms with E-state index in [1.807, 2.05) is 50.1 Å². The van der Waals surface area contributed by atoms with E-state index in [0.717, 1.165) is 52.5 Å². The second kappa shape index (κ2) is 10.3. The van der Waals surface area contributed by atoms with Gasteiger partial charge in [0.1, 0.15) is 5.60 Å². The molecule has 38 heavy (non-hydrogen) atoms. The normalized spacial score (nSPS) is 16.8. The molecule has 8 nitrogen and oxygen atoms in total. The minimum Gasteiger partial charge on any atom is -0.444 e. The predicted octanol–water partition coefficient (Wildman–Crippen LogP) is 4.76. The van der Waals surface area contributed by atoms with E-state index in [4.69, 9.17) is 9.72 Å². The fourth-order valence-corrected chi connectivity index (χ4v) is 5.77. The van der Waals surface area contributed by atoms with Gasteiger partial charge in [-0.25, -0.2) is 4.79 Å². The highest BCUT2D eigenvalue weighted by atomic mass is 16.6. The maximum Gasteiger partial charge on any atom is 0.410 e. The molecular formula is C30H36N4O4. The number of unbranched alkanes of at least 4 members (excludes halogenated alkanes) is 1. The summed E-state index contributed by atoms with van der Waals surface area (Å²) in [6, 6.07) is 10.1. The molecule has 0 atom stereocenters. The summed E-state index contributed by atoms with van der Waals surface area (Å²) in [6.45, 7) is 6.99. The second-order valence-electron chi connectivity index (χ2n) is 11.3. The van der Waals surface area contributed by atoms with Crippen molar-refractivity contribution in [1.82, 2.24) is 14.9 Å². The summed E-state index contributed by atoms with van der Waals surface area (Å²) in [5.41, 5.74) is 2.53. The summed E-state index contributed by atoms with van der Waals surface area (Å²) in [7, 11) is 0. The van der Waals surface area contributed by atoms with Gasteiger partial charge < -0.3 is 19.6 Å². The first-order valence-electron chi connectivity index (χ1n) is 13.4. The van der Waals surface area contributed by atoms with Crippen LogP contribution in [0.2, 0.25) is 0 Å². The molecule has 4 heterocycles. The van der Waals surface area contributed by atoms with Gasteiger partial charge in [0.2, 0.25) is 5.91 Å². The molecule has 1 fully saturated rings. The predicted molar refractivity (Wildman–Crippen MR) is 146 cm³/mol. The minimum atomic E-state index is -0.690. The number of rotatable bonds is 6. The summed E-state index contributed by atoms with van der Waals surface area (Å²) in [6.07, 6.45) is 8.46. The summed E-state index contributed by atoms with van der Waals surface area (Å²) in [4.78, 5) is 39.6. The molecule has 2 amide bonds. The summed E-state index contributed by atoms with van der Waals surface area (Å²) in [5.74, 6) is 0.0422. The van der Waals surface area contributed by atoms with E-state index in [9.17, 15) is 14.7 Å². The molecule has 0 saturated carbocycles. The van der Waals surface area contributed by atoms with Gasteiger partial charge in [0.25, 0.3) is 0 Å². The Labute approximate surface area is 223 Å². The third kappa shape index (κ3) is 4.85. The van der Waals surface area contributed by atoms with Crippen LogP contribution in [0.5, 0.6) is 0 Å². The van der Waals surface area contributed by atoms with Gasteiger partial charge in [-0.2, -0.15) is 0 Å². The fourth-order valence-electron chi connectivity index (χ4n) is 5.77. The van der Waals surface area contributed by atoms with Gasteiger partial charge in [-0.1, -0.05) is 24.3 Å². The smallest absolute Gasteiger partial charge is 0.410 e. The minimum absolute atomic E-state index is 0.0422. The molecule has 8 heteroatoms. The van der Waals surface area contributed by atoms with E-state index in [1.165, 1.54) is 0 Å². The molecule has 1 saturated heterocycles. The highest BCUT2D eigenvalue weighted by Crippen LogP contribution is 2.48. The van der Waals surface area contributed by atoms with E-state index in [2.05, 4.69) is 17.1 Å². The van der Waals surface area contributed by atoms with Crippen LogP contribution in [-0.2, 0) is 27.9 Å².